The minimum atomic E-state index is 0.856. The standard InChI is InChI=1S/C5H10S2/c1-4-3-6-5(2)7-4/h4-5H,3H2,1-2H3/t4-,5+/m0/s1. The number of hydrogen-bond acceptors (Lipinski definition) is 2. The molecule has 2 heteroatoms. The molecule has 0 unspecified atom stereocenters. The SMILES string of the molecule is C[C@@H]1SC[C@H](C)S1. The minimum Gasteiger partial charge on any atom is -0.147 e. The van der Waals surface area contributed by atoms with Crippen molar-refractivity contribution in [1.29, 1.82) is 0 Å². The Hall–Kier alpha value is 0.700. The van der Waals surface area contributed by atoms with Gasteiger partial charge in [-0.05, 0) is 6.92 Å². The number of hydrogen-bond donors (Lipinski definition) is 0. The molecule has 1 aliphatic heterocycles. The lowest BCUT2D eigenvalue weighted by Gasteiger charge is -1.95. The predicted molar refractivity (Wildman–Crippen MR) is 39.0 cm³/mol. The summed E-state index contributed by atoms with van der Waals surface area (Å²) in [6.07, 6.45) is 0. The quantitative estimate of drug-likeness (QED) is 0.498. The Morgan fingerprint density at radius 3 is 2.29 bits per heavy atom. The van der Waals surface area contributed by atoms with Crippen LogP contribution in [0.3, 0.4) is 0 Å². The van der Waals surface area contributed by atoms with Crippen LogP contribution < -0.4 is 0 Å². The van der Waals surface area contributed by atoms with Crippen LogP contribution >= 0.6 is 23.5 Å². The average molecular weight is 134 g/mol. The molecule has 0 radical (unpaired) electrons. The molecule has 2 atom stereocenters. The van der Waals surface area contributed by atoms with Gasteiger partial charge in [0.1, 0.15) is 0 Å². The van der Waals surface area contributed by atoms with Crippen LogP contribution in [0.25, 0.3) is 0 Å². The molecule has 7 heavy (non-hydrogen) atoms. The van der Waals surface area contributed by atoms with Gasteiger partial charge >= 0.3 is 0 Å². The normalized spacial score (nSPS) is 42.0. The molecule has 0 aliphatic carbocycles. The smallest absolute Gasteiger partial charge is 0.0477 e. The van der Waals surface area contributed by atoms with E-state index in [4.69, 9.17) is 0 Å². The van der Waals surface area contributed by atoms with Crippen LogP contribution in [0.15, 0.2) is 0 Å². The van der Waals surface area contributed by atoms with Crippen molar-refractivity contribution < 1.29 is 0 Å². The van der Waals surface area contributed by atoms with Gasteiger partial charge in [-0.3, -0.25) is 0 Å². The van der Waals surface area contributed by atoms with Gasteiger partial charge in [0.15, 0.2) is 0 Å². The first-order valence-electron chi connectivity index (χ1n) is 2.56. The third-order valence-corrected chi connectivity index (χ3v) is 4.12. The van der Waals surface area contributed by atoms with Gasteiger partial charge < -0.3 is 0 Å². The molecule has 0 spiro atoms. The molecular formula is C5H10S2. The van der Waals surface area contributed by atoms with E-state index in [2.05, 4.69) is 37.4 Å². The third-order valence-electron chi connectivity index (χ3n) is 0.990. The highest BCUT2D eigenvalue weighted by Gasteiger charge is 2.17. The molecule has 1 rings (SSSR count). The van der Waals surface area contributed by atoms with Crippen LogP contribution in [0.2, 0.25) is 0 Å². The zero-order valence-electron chi connectivity index (χ0n) is 4.68. The fraction of sp³-hybridized carbons (Fsp3) is 1.00. The average Bonchev–Trinajstić information content (AvgIpc) is 1.87. The van der Waals surface area contributed by atoms with Gasteiger partial charge in [0.05, 0.1) is 0 Å². The molecule has 0 bridgehead atoms. The van der Waals surface area contributed by atoms with Crippen LogP contribution in [0.5, 0.6) is 0 Å². The van der Waals surface area contributed by atoms with Crippen molar-refractivity contribution in [2.24, 2.45) is 0 Å². The second-order valence-corrected chi connectivity index (χ2v) is 5.30. The first-order chi connectivity index (χ1) is 3.29. The molecule has 0 amide bonds. The van der Waals surface area contributed by atoms with Crippen molar-refractivity contribution >= 4 is 23.5 Å². The first kappa shape index (κ1) is 5.83. The predicted octanol–water partition coefficient (Wildman–Crippen LogP) is 2.20. The second kappa shape index (κ2) is 2.31. The van der Waals surface area contributed by atoms with E-state index in [1.165, 1.54) is 5.75 Å². The van der Waals surface area contributed by atoms with Crippen LogP contribution in [0.1, 0.15) is 13.8 Å². The lowest BCUT2D eigenvalue weighted by atomic mass is 10.6. The maximum atomic E-state index is 2.29. The van der Waals surface area contributed by atoms with Gasteiger partial charge in [0.2, 0.25) is 0 Å². The molecular weight excluding hydrogens is 124 g/mol. The van der Waals surface area contributed by atoms with E-state index in [1.807, 2.05) is 0 Å². The molecule has 0 nitrogen and oxygen atoms in total. The number of thioether (sulfide) groups is 2. The second-order valence-electron chi connectivity index (χ2n) is 1.85. The van der Waals surface area contributed by atoms with Gasteiger partial charge in [-0.15, -0.1) is 23.5 Å². The van der Waals surface area contributed by atoms with Crippen molar-refractivity contribution in [3.8, 4) is 0 Å². The van der Waals surface area contributed by atoms with E-state index in [0.717, 1.165) is 9.83 Å². The maximum absolute atomic E-state index is 2.29. The molecule has 0 aromatic rings. The van der Waals surface area contributed by atoms with E-state index < -0.39 is 0 Å². The van der Waals surface area contributed by atoms with E-state index >= 15 is 0 Å². The Morgan fingerprint density at radius 2 is 2.14 bits per heavy atom. The highest BCUT2D eigenvalue weighted by Crippen LogP contribution is 2.36. The monoisotopic (exact) mass is 134 g/mol. The summed E-state index contributed by atoms with van der Waals surface area (Å²) in [6.45, 7) is 4.57. The summed E-state index contributed by atoms with van der Waals surface area (Å²) in [7, 11) is 0. The Labute approximate surface area is 53.4 Å². The van der Waals surface area contributed by atoms with Crippen molar-refractivity contribution in [2.75, 3.05) is 5.75 Å². The molecule has 1 heterocycles. The summed E-state index contributed by atoms with van der Waals surface area (Å²) in [5.74, 6) is 1.35. The molecule has 0 aromatic heterocycles. The topological polar surface area (TPSA) is 0 Å². The van der Waals surface area contributed by atoms with Crippen molar-refractivity contribution in [3.63, 3.8) is 0 Å². The third kappa shape index (κ3) is 1.57. The molecule has 1 aliphatic rings. The molecule has 1 saturated heterocycles. The van der Waals surface area contributed by atoms with Gasteiger partial charge in [0, 0.05) is 15.6 Å². The number of rotatable bonds is 0. The lowest BCUT2D eigenvalue weighted by molar-refractivity contribution is 1.15. The highest BCUT2D eigenvalue weighted by molar-refractivity contribution is 8.20. The highest BCUT2D eigenvalue weighted by atomic mass is 32.2. The summed E-state index contributed by atoms with van der Waals surface area (Å²) in [5.41, 5.74) is 0. The Bertz CT molecular complexity index is 55.1. The van der Waals surface area contributed by atoms with Gasteiger partial charge in [-0.1, -0.05) is 6.92 Å². The van der Waals surface area contributed by atoms with Gasteiger partial charge in [-0.2, -0.15) is 0 Å². The summed E-state index contributed by atoms with van der Waals surface area (Å²) in [4.78, 5) is 0. The summed E-state index contributed by atoms with van der Waals surface area (Å²) in [5, 5.41) is 0.903. The lowest BCUT2D eigenvalue weighted by Crippen LogP contribution is -1.89. The molecule has 0 saturated carbocycles. The fourth-order valence-electron chi connectivity index (χ4n) is 0.677. The van der Waals surface area contributed by atoms with E-state index in [9.17, 15) is 0 Å². The van der Waals surface area contributed by atoms with Crippen LogP contribution in [-0.4, -0.2) is 15.6 Å². The summed E-state index contributed by atoms with van der Waals surface area (Å²) >= 11 is 4.15. The molecule has 0 N–H and O–H groups in total. The summed E-state index contributed by atoms with van der Waals surface area (Å²) < 4.78 is 0.856. The molecule has 42 valence electrons. The van der Waals surface area contributed by atoms with Crippen LogP contribution in [0.4, 0.5) is 0 Å². The van der Waals surface area contributed by atoms with Crippen molar-refractivity contribution in [1.82, 2.24) is 0 Å². The minimum absolute atomic E-state index is 0.856. The Morgan fingerprint density at radius 1 is 1.43 bits per heavy atom. The largest absolute Gasteiger partial charge is 0.147 e. The van der Waals surface area contributed by atoms with Crippen LogP contribution in [-0.2, 0) is 0 Å². The van der Waals surface area contributed by atoms with Gasteiger partial charge in [-0.25, -0.2) is 0 Å². The van der Waals surface area contributed by atoms with Crippen molar-refractivity contribution in [3.05, 3.63) is 0 Å². The summed E-state index contributed by atoms with van der Waals surface area (Å²) in [6, 6.07) is 0. The van der Waals surface area contributed by atoms with Crippen LogP contribution in [0, 0.1) is 0 Å². The Balaban J connectivity index is 2.26. The van der Waals surface area contributed by atoms with E-state index in [-0.39, 0.29) is 0 Å². The zero-order chi connectivity index (χ0) is 5.28. The van der Waals surface area contributed by atoms with Crippen molar-refractivity contribution in [2.45, 2.75) is 23.7 Å². The molecule has 1 fully saturated rings. The van der Waals surface area contributed by atoms with E-state index in [0.29, 0.717) is 0 Å². The maximum Gasteiger partial charge on any atom is 0.0477 e. The van der Waals surface area contributed by atoms with Gasteiger partial charge in [0.25, 0.3) is 0 Å². The van der Waals surface area contributed by atoms with E-state index in [1.54, 1.807) is 0 Å². The fourth-order valence-corrected chi connectivity index (χ4v) is 3.54. The Kier molecular flexibility index (Phi) is 1.93. The first-order valence-corrected chi connectivity index (χ1v) is 4.55. The zero-order valence-corrected chi connectivity index (χ0v) is 6.31. The molecule has 0 aromatic carbocycles.